The fraction of sp³-hybridized carbons (Fsp3) is 0.143. The van der Waals surface area contributed by atoms with Crippen LogP contribution in [-0.2, 0) is 0 Å². The molecule has 0 radical (unpaired) electrons. The van der Waals surface area contributed by atoms with E-state index in [4.69, 9.17) is 4.74 Å². The van der Waals surface area contributed by atoms with Crippen LogP contribution in [0, 0.1) is 0 Å². The normalized spacial score (nSPS) is 11.5. The minimum Gasteiger partial charge on any atom is -0.495 e. The van der Waals surface area contributed by atoms with Crippen molar-refractivity contribution < 1.29 is 9.53 Å². The number of benzene rings is 2. The highest BCUT2D eigenvalue weighted by Gasteiger charge is 2.13. The number of aromatic nitrogens is 1. The summed E-state index contributed by atoms with van der Waals surface area (Å²) in [5.41, 5.74) is 2.99. The van der Waals surface area contributed by atoms with Gasteiger partial charge in [-0.1, -0.05) is 42.5 Å². The van der Waals surface area contributed by atoms with Crippen LogP contribution in [0.25, 0.3) is 0 Å². The molecule has 5 nitrogen and oxygen atoms in total. The average molecular weight is 347 g/mol. The molecule has 0 saturated carbocycles. The van der Waals surface area contributed by atoms with Gasteiger partial charge in [0.25, 0.3) is 5.91 Å². The summed E-state index contributed by atoms with van der Waals surface area (Å²) in [6.07, 6.45) is 1.61. The van der Waals surface area contributed by atoms with Crippen LogP contribution in [0.2, 0.25) is 0 Å². The molecule has 0 aliphatic heterocycles. The number of anilines is 2. The molecule has 1 unspecified atom stereocenters. The monoisotopic (exact) mass is 347 g/mol. The minimum absolute atomic E-state index is 0.101. The smallest absolute Gasteiger partial charge is 0.270 e. The largest absolute Gasteiger partial charge is 0.495 e. The summed E-state index contributed by atoms with van der Waals surface area (Å²) in [6, 6.07) is 20.9. The molecule has 1 atom stereocenters. The first-order valence-electron chi connectivity index (χ1n) is 8.39. The molecule has 0 aliphatic carbocycles. The maximum Gasteiger partial charge on any atom is 0.270 e. The van der Waals surface area contributed by atoms with Gasteiger partial charge in [0.05, 0.1) is 18.8 Å². The fourth-order valence-electron chi connectivity index (χ4n) is 2.63. The number of ether oxygens (including phenoxy) is 1. The van der Waals surface area contributed by atoms with Crippen molar-refractivity contribution in [2.75, 3.05) is 12.4 Å². The number of pyridine rings is 1. The maximum atomic E-state index is 12.5. The Morgan fingerprint density at radius 1 is 1.04 bits per heavy atom. The number of para-hydroxylation sites is 2. The fourth-order valence-corrected chi connectivity index (χ4v) is 2.63. The third-order valence-electron chi connectivity index (χ3n) is 4.03. The van der Waals surface area contributed by atoms with Gasteiger partial charge in [-0.25, -0.2) is 0 Å². The highest BCUT2D eigenvalue weighted by atomic mass is 16.5. The van der Waals surface area contributed by atoms with Crippen LogP contribution in [0.4, 0.5) is 11.4 Å². The van der Waals surface area contributed by atoms with E-state index >= 15 is 0 Å². The van der Waals surface area contributed by atoms with Crippen molar-refractivity contribution in [1.29, 1.82) is 0 Å². The summed E-state index contributed by atoms with van der Waals surface area (Å²) in [7, 11) is 1.62. The van der Waals surface area contributed by atoms with Crippen LogP contribution >= 0.6 is 0 Å². The third-order valence-corrected chi connectivity index (χ3v) is 4.03. The first-order chi connectivity index (χ1) is 12.7. The zero-order valence-corrected chi connectivity index (χ0v) is 14.8. The third kappa shape index (κ3) is 4.19. The van der Waals surface area contributed by atoms with Crippen molar-refractivity contribution in [2.24, 2.45) is 0 Å². The lowest BCUT2D eigenvalue weighted by molar-refractivity contribution is 0.0935. The zero-order chi connectivity index (χ0) is 18.4. The Morgan fingerprint density at radius 3 is 2.54 bits per heavy atom. The van der Waals surface area contributed by atoms with Crippen molar-refractivity contribution in [3.8, 4) is 5.75 Å². The molecule has 3 rings (SSSR count). The first-order valence-corrected chi connectivity index (χ1v) is 8.39. The molecular weight excluding hydrogens is 326 g/mol. The molecule has 0 bridgehead atoms. The number of nitrogens with zero attached hydrogens (tertiary/aromatic N) is 1. The molecule has 2 N–H and O–H groups in total. The molecule has 0 saturated heterocycles. The number of carbonyl (C=O) groups excluding carboxylic acids is 1. The van der Waals surface area contributed by atoms with Crippen molar-refractivity contribution in [3.05, 3.63) is 84.2 Å². The molecule has 0 fully saturated rings. The topological polar surface area (TPSA) is 63.2 Å². The Bertz CT molecular complexity index is 881. The molecule has 2 aromatic carbocycles. The van der Waals surface area contributed by atoms with Crippen molar-refractivity contribution >= 4 is 17.3 Å². The van der Waals surface area contributed by atoms with Crippen molar-refractivity contribution in [1.82, 2.24) is 10.3 Å². The molecule has 132 valence electrons. The zero-order valence-electron chi connectivity index (χ0n) is 14.8. The van der Waals surface area contributed by atoms with Crippen LogP contribution < -0.4 is 15.4 Å². The Balaban J connectivity index is 1.73. The van der Waals surface area contributed by atoms with E-state index in [0.29, 0.717) is 5.69 Å². The second-order valence-electron chi connectivity index (χ2n) is 5.86. The lowest BCUT2D eigenvalue weighted by atomic mass is 10.1. The number of nitrogens with one attached hydrogen (secondary N) is 2. The van der Waals surface area contributed by atoms with E-state index in [1.54, 1.807) is 19.4 Å². The Hall–Kier alpha value is -3.34. The van der Waals surface area contributed by atoms with E-state index in [-0.39, 0.29) is 11.9 Å². The Morgan fingerprint density at radius 2 is 1.77 bits per heavy atom. The van der Waals surface area contributed by atoms with Crippen LogP contribution in [0.15, 0.2) is 72.9 Å². The summed E-state index contributed by atoms with van der Waals surface area (Å²) >= 11 is 0. The quantitative estimate of drug-likeness (QED) is 0.697. The predicted molar refractivity (Wildman–Crippen MR) is 103 cm³/mol. The lowest BCUT2D eigenvalue weighted by Crippen LogP contribution is -2.27. The van der Waals surface area contributed by atoms with E-state index in [0.717, 1.165) is 22.7 Å². The van der Waals surface area contributed by atoms with Crippen LogP contribution in [0.5, 0.6) is 5.75 Å². The highest BCUT2D eigenvalue weighted by molar-refractivity contribution is 5.93. The summed E-state index contributed by atoms with van der Waals surface area (Å²) in [5, 5.41) is 6.23. The van der Waals surface area contributed by atoms with Gasteiger partial charge in [0.1, 0.15) is 11.4 Å². The predicted octanol–water partition coefficient (Wildman–Crippen LogP) is 4.32. The Labute approximate surface area is 153 Å². The van der Waals surface area contributed by atoms with Gasteiger partial charge in [-0.15, -0.1) is 0 Å². The van der Waals surface area contributed by atoms with Gasteiger partial charge in [0.15, 0.2) is 0 Å². The molecule has 1 heterocycles. The SMILES string of the molecule is COc1ccccc1Nc1ccnc(C(=O)NC(C)c2ccccc2)c1. The first kappa shape index (κ1) is 17.5. The van der Waals surface area contributed by atoms with Crippen LogP contribution in [-0.4, -0.2) is 18.0 Å². The number of carbonyl (C=O) groups is 1. The second-order valence-corrected chi connectivity index (χ2v) is 5.86. The van der Waals surface area contributed by atoms with Gasteiger partial charge < -0.3 is 15.4 Å². The number of methoxy groups -OCH3 is 1. The molecule has 3 aromatic rings. The van der Waals surface area contributed by atoms with Gasteiger partial charge in [-0.2, -0.15) is 0 Å². The second kappa shape index (κ2) is 8.16. The van der Waals surface area contributed by atoms with Gasteiger partial charge >= 0.3 is 0 Å². The van der Waals surface area contributed by atoms with E-state index in [2.05, 4.69) is 15.6 Å². The van der Waals surface area contributed by atoms with Gasteiger partial charge in [-0.3, -0.25) is 9.78 Å². The van der Waals surface area contributed by atoms with E-state index in [1.165, 1.54) is 0 Å². The van der Waals surface area contributed by atoms with Crippen LogP contribution in [0.1, 0.15) is 29.0 Å². The van der Waals surface area contributed by atoms with Crippen molar-refractivity contribution in [2.45, 2.75) is 13.0 Å². The molecule has 0 spiro atoms. The van der Waals surface area contributed by atoms with E-state index in [1.807, 2.05) is 67.6 Å². The summed E-state index contributed by atoms with van der Waals surface area (Å²) in [5.74, 6) is 0.512. The van der Waals surface area contributed by atoms with E-state index in [9.17, 15) is 4.79 Å². The minimum atomic E-state index is -0.218. The van der Waals surface area contributed by atoms with Gasteiger partial charge in [-0.05, 0) is 36.8 Å². The molecule has 1 aromatic heterocycles. The van der Waals surface area contributed by atoms with Gasteiger partial charge in [0.2, 0.25) is 0 Å². The standard InChI is InChI=1S/C21H21N3O2/c1-15(16-8-4-3-5-9-16)23-21(25)19-14-17(12-13-22-19)24-18-10-6-7-11-20(18)26-2/h3-15H,1-2H3,(H,22,24)(H,23,25). The number of rotatable bonds is 6. The van der Waals surface area contributed by atoms with Crippen LogP contribution in [0.3, 0.4) is 0 Å². The summed E-state index contributed by atoms with van der Waals surface area (Å²) < 4.78 is 5.34. The average Bonchev–Trinajstić information content (AvgIpc) is 2.69. The molecule has 0 aliphatic rings. The number of hydrogen-bond acceptors (Lipinski definition) is 4. The Kier molecular flexibility index (Phi) is 5.49. The highest BCUT2D eigenvalue weighted by Crippen LogP contribution is 2.27. The van der Waals surface area contributed by atoms with E-state index < -0.39 is 0 Å². The summed E-state index contributed by atoms with van der Waals surface area (Å²) in [4.78, 5) is 16.7. The molecule has 5 heteroatoms. The lowest BCUT2D eigenvalue weighted by Gasteiger charge is -2.15. The van der Waals surface area contributed by atoms with Crippen molar-refractivity contribution in [3.63, 3.8) is 0 Å². The maximum absolute atomic E-state index is 12.5. The molecular formula is C21H21N3O2. The summed E-state index contributed by atoms with van der Waals surface area (Å²) in [6.45, 7) is 1.95. The molecule has 1 amide bonds. The van der Waals surface area contributed by atoms with Gasteiger partial charge in [0, 0.05) is 11.9 Å². The molecule has 26 heavy (non-hydrogen) atoms. The number of hydrogen-bond donors (Lipinski definition) is 2. The number of amides is 1.